The van der Waals surface area contributed by atoms with E-state index in [2.05, 4.69) is 21.1 Å². The molecule has 0 aliphatic carbocycles. The van der Waals surface area contributed by atoms with Crippen LogP contribution in [0.15, 0.2) is 44.2 Å². The average molecular weight is 459 g/mol. The van der Waals surface area contributed by atoms with Gasteiger partial charge in [-0.25, -0.2) is 22.3 Å². The zero-order valence-electron chi connectivity index (χ0n) is 13.8. The summed E-state index contributed by atoms with van der Waals surface area (Å²) in [5.41, 5.74) is 1.87. The molecule has 3 aromatic rings. The highest BCUT2D eigenvalue weighted by atomic mass is 79.9. The van der Waals surface area contributed by atoms with Gasteiger partial charge < -0.3 is 9.63 Å². The van der Waals surface area contributed by atoms with Crippen LogP contribution < -0.4 is 5.14 Å². The number of aromatic nitrogens is 1. The summed E-state index contributed by atoms with van der Waals surface area (Å²) in [4.78, 5) is -1.23. The molecule has 142 valence electrons. The van der Waals surface area contributed by atoms with Crippen LogP contribution >= 0.6 is 15.9 Å². The van der Waals surface area contributed by atoms with Crippen molar-refractivity contribution in [2.24, 2.45) is 5.14 Å². The van der Waals surface area contributed by atoms with E-state index < -0.39 is 33.2 Å². The summed E-state index contributed by atoms with van der Waals surface area (Å²) >= 11 is 3.39. The summed E-state index contributed by atoms with van der Waals surface area (Å²) < 4.78 is 57.2. The second-order valence-electron chi connectivity index (χ2n) is 5.77. The zero-order chi connectivity index (χ0) is 19.9. The van der Waals surface area contributed by atoms with E-state index in [4.69, 9.17) is 9.66 Å². The van der Waals surface area contributed by atoms with Crippen molar-refractivity contribution in [3.63, 3.8) is 0 Å². The Morgan fingerprint density at radius 3 is 2.33 bits per heavy atom. The van der Waals surface area contributed by atoms with E-state index in [0.717, 1.165) is 22.2 Å². The van der Waals surface area contributed by atoms with Gasteiger partial charge in [0.1, 0.15) is 23.9 Å². The van der Waals surface area contributed by atoms with Crippen LogP contribution in [-0.4, -0.2) is 18.7 Å². The summed E-state index contributed by atoms with van der Waals surface area (Å²) in [5.74, 6) is -2.73. The molecule has 0 spiro atoms. The highest BCUT2D eigenvalue weighted by Crippen LogP contribution is 2.37. The van der Waals surface area contributed by atoms with Gasteiger partial charge in [0, 0.05) is 10.0 Å². The van der Waals surface area contributed by atoms with Gasteiger partial charge in [0.05, 0.1) is 5.56 Å². The predicted octanol–water partition coefficient (Wildman–Crippen LogP) is 3.50. The zero-order valence-corrected chi connectivity index (χ0v) is 16.2. The Bertz CT molecular complexity index is 1120. The van der Waals surface area contributed by atoms with Crippen LogP contribution in [0.25, 0.3) is 22.4 Å². The van der Waals surface area contributed by atoms with Crippen molar-refractivity contribution in [1.29, 1.82) is 0 Å². The van der Waals surface area contributed by atoms with Crippen LogP contribution in [0.5, 0.6) is 0 Å². The van der Waals surface area contributed by atoms with Crippen LogP contribution in [0, 0.1) is 18.6 Å². The van der Waals surface area contributed by atoms with Gasteiger partial charge in [0.25, 0.3) is 0 Å². The maximum Gasteiger partial charge on any atom is 0.243 e. The minimum atomic E-state index is -4.58. The number of halogens is 3. The lowest BCUT2D eigenvalue weighted by Gasteiger charge is -2.08. The van der Waals surface area contributed by atoms with Crippen molar-refractivity contribution in [2.75, 3.05) is 0 Å². The van der Waals surface area contributed by atoms with E-state index in [1.807, 2.05) is 13.0 Å². The molecule has 0 atom stereocenters. The molecule has 0 fully saturated rings. The number of hydrogen-bond acceptors (Lipinski definition) is 5. The molecule has 0 amide bonds. The van der Waals surface area contributed by atoms with Gasteiger partial charge in [0.2, 0.25) is 10.0 Å². The lowest BCUT2D eigenvalue weighted by Crippen LogP contribution is -2.16. The van der Waals surface area contributed by atoms with E-state index in [9.17, 15) is 22.3 Å². The number of primary sulfonamides is 1. The number of sulfonamides is 1. The van der Waals surface area contributed by atoms with E-state index in [0.29, 0.717) is 5.56 Å². The second kappa shape index (κ2) is 7.12. The van der Waals surface area contributed by atoms with Crippen molar-refractivity contribution in [2.45, 2.75) is 18.4 Å². The predicted molar refractivity (Wildman–Crippen MR) is 97.0 cm³/mol. The molecular formula is C17H13BrF2N2O4S. The molecule has 0 radical (unpaired) electrons. The van der Waals surface area contributed by atoms with Crippen molar-refractivity contribution in [1.82, 2.24) is 5.16 Å². The Balaban J connectivity index is 2.26. The van der Waals surface area contributed by atoms with Crippen molar-refractivity contribution in [3.8, 4) is 22.4 Å². The van der Waals surface area contributed by atoms with E-state index >= 15 is 0 Å². The number of nitrogens with two attached hydrogens (primary N) is 1. The molecule has 0 saturated heterocycles. The third-order valence-electron chi connectivity index (χ3n) is 3.92. The molecular weight excluding hydrogens is 446 g/mol. The summed E-state index contributed by atoms with van der Waals surface area (Å²) in [7, 11) is -4.58. The van der Waals surface area contributed by atoms with Crippen LogP contribution in [0.4, 0.5) is 8.78 Å². The number of aliphatic hydroxyl groups excluding tert-OH is 1. The summed E-state index contributed by atoms with van der Waals surface area (Å²) in [6, 6.07) is 6.89. The Labute approximate surface area is 161 Å². The molecule has 6 nitrogen and oxygen atoms in total. The Kier molecular flexibility index (Phi) is 5.17. The molecule has 0 saturated carbocycles. The topological polar surface area (TPSA) is 106 Å². The van der Waals surface area contributed by atoms with Crippen LogP contribution in [-0.2, 0) is 16.6 Å². The molecule has 1 heterocycles. The number of hydrogen-bond donors (Lipinski definition) is 2. The fourth-order valence-electron chi connectivity index (χ4n) is 2.64. The maximum absolute atomic E-state index is 14.3. The Hall–Kier alpha value is -2.14. The van der Waals surface area contributed by atoms with Gasteiger partial charge in [-0.2, -0.15) is 0 Å². The molecule has 2 aromatic carbocycles. The number of benzene rings is 2. The molecule has 0 bridgehead atoms. The molecule has 27 heavy (non-hydrogen) atoms. The summed E-state index contributed by atoms with van der Waals surface area (Å²) in [6.07, 6.45) is 0. The fourth-order valence-corrected chi connectivity index (χ4v) is 3.68. The van der Waals surface area contributed by atoms with E-state index in [1.54, 1.807) is 12.1 Å². The third kappa shape index (κ3) is 3.65. The first-order valence-corrected chi connectivity index (χ1v) is 9.85. The fraction of sp³-hybridized carbons (Fsp3) is 0.118. The van der Waals surface area contributed by atoms with Gasteiger partial charge in [-0.1, -0.05) is 33.2 Å². The van der Waals surface area contributed by atoms with Crippen LogP contribution in [0.2, 0.25) is 0 Å². The smallest absolute Gasteiger partial charge is 0.243 e. The Morgan fingerprint density at radius 1 is 1.19 bits per heavy atom. The van der Waals surface area contributed by atoms with Crippen LogP contribution in [0.1, 0.15) is 11.3 Å². The summed E-state index contributed by atoms with van der Waals surface area (Å²) in [5, 5.41) is 18.3. The largest absolute Gasteiger partial charge is 0.388 e. The normalized spacial score (nSPS) is 11.8. The molecule has 3 rings (SSSR count). The number of nitrogens with zero attached hydrogens (tertiary/aromatic N) is 1. The minimum absolute atomic E-state index is 0.0242. The van der Waals surface area contributed by atoms with Crippen molar-refractivity contribution >= 4 is 26.0 Å². The number of aryl methyl sites for hydroxylation is 1. The first kappa shape index (κ1) is 19.6. The van der Waals surface area contributed by atoms with Crippen molar-refractivity contribution < 1.29 is 26.8 Å². The molecule has 0 unspecified atom stereocenters. The standard InChI is InChI=1S/C17H13BrF2N2O4S/c1-8-2-3-9(4-11(8)18)16-15(14(7-23)26-22-16)10-5-12(19)17(13(20)6-10)27(21,24)25/h2-6,23H,7H2,1H3,(H2,21,24,25). The van der Waals surface area contributed by atoms with Gasteiger partial charge in [-0.3, -0.25) is 0 Å². The highest BCUT2D eigenvalue weighted by Gasteiger charge is 2.25. The Morgan fingerprint density at radius 2 is 1.81 bits per heavy atom. The van der Waals surface area contributed by atoms with Crippen LogP contribution in [0.3, 0.4) is 0 Å². The lowest BCUT2D eigenvalue weighted by molar-refractivity contribution is 0.230. The average Bonchev–Trinajstić information content (AvgIpc) is 2.99. The molecule has 0 aliphatic heterocycles. The molecule has 1 aromatic heterocycles. The quantitative estimate of drug-likeness (QED) is 0.622. The first-order chi connectivity index (χ1) is 12.6. The SMILES string of the molecule is Cc1ccc(-c2noc(CO)c2-c2cc(F)c(S(N)(=O)=O)c(F)c2)cc1Br. The third-order valence-corrected chi connectivity index (χ3v) is 5.74. The van der Waals surface area contributed by atoms with Gasteiger partial charge >= 0.3 is 0 Å². The molecule has 3 N–H and O–H groups in total. The highest BCUT2D eigenvalue weighted by molar-refractivity contribution is 9.10. The van der Waals surface area contributed by atoms with Crippen molar-refractivity contribution in [3.05, 3.63) is 57.8 Å². The molecule has 10 heteroatoms. The lowest BCUT2D eigenvalue weighted by atomic mass is 9.98. The molecule has 0 aliphatic rings. The second-order valence-corrected chi connectivity index (χ2v) is 8.12. The van der Waals surface area contributed by atoms with Gasteiger partial charge in [-0.15, -0.1) is 0 Å². The van der Waals surface area contributed by atoms with Gasteiger partial charge in [0.15, 0.2) is 10.7 Å². The summed E-state index contributed by atoms with van der Waals surface area (Å²) in [6.45, 7) is 1.31. The maximum atomic E-state index is 14.3. The monoisotopic (exact) mass is 458 g/mol. The minimum Gasteiger partial charge on any atom is -0.388 e. The number of rotatable bonds is 4. The van der Waals surface area contributed by atoms with E-state index in [-0.39, 0.29) is 22.6 Å². The first-order valence-electron chi connectivity index (χ1n) is 7.51. The van der Waals surface area contributed by atoms with E-state index in [1.165, 1.54) is 0 Å². The number of aliphatic hydroxyl groups is 1. The van der Waals surface area contributed by atoms with Gasteiger partial charge in [-0.05, 0) is 36.2 Å².